The second-order valence-electron chi connectivity index (χ2n) is 7.00. The van der Waals surface area contributed by atoms with Crippen LogP contribution < -0.4 is 10.1 Å². The second kappa shape index (κ2) is 8.86. The number of likely N-dealkylation sites (tertiary alicyclic amines) is 1. The first-order valence-electron chi connectivity index (χ1n) is 9.39. The monoisotopic (exact) mass is 352 g/mol. The van der Waals surface area contributed by atoms with E-state index in [2.05, 4.69) is 29.3 Å². The van der Waals surface area contributed by atoms with Crippen LogP contribution >= 0.6 is 0 Å². The number of rotatable bonds is 6. The molecule has 0 radical (unpaired) electrons. The maximum absolute atomic E-state index is 12.8. The van der Waals surface area contributed by atoms with Crippen LogP contribution in [0.15, 0.2) is 54.6 Å². The van der Waals surface area contributed by atoms with E-state index in [9.17, 15) is 4.79 Å². The molecule has 0 spiro atoms. The predicted octanol–water partition coefficient (Wildman–Crippen LogP) is 3.78. The van der Waals surface area contributed by atoms with Crippen molar-refractivity contribution in [1.29, 1.82) is 0 Å². The molecule has 0 bridgehead atoms. The lowest BCUT2D eigenvalue weighted by atomic mass is 9.98. The van der Waals surface area contributed by atoms with Gasteiger partial charge in [-0.3, -0.25) is 9.69 Å². The summed E-state index contributed by atoms with van der Waals surface area (Å²) in [5.74, 6) is 0.887. The summed E-state index contributed by atoms with van der Waals surface area (Å²) in [6.45, 7) is 3.68. The fraction of sp³-hybridized carbons (Fsp3) is 0.409. The first-order valence-corrected chi connectivity index (χ1v) is 9.39. The SMILES string of the molecule is COc1ccc([C@@H](NC(=O)CN2CCCC[C@H]2C)c2ccccc2)cc1. The first kappa shape index (κ1) is 18.5. The van der Waals surface area contributed by atoms with Crippen molar-refractivity contribution in [2.24, 2.45) is 0 Å². The van der Waals surface area contributed by atoms with Gasteiger partial charge in [0.2, 0.25) is 5.91 Å². The third-order valence-electron chi connectivity index (χ3n) is 5.17. The number of amides is 1. The van der Waals surface area contributed by atoms with Crippen molar-refractivity contribution in [3.8, 4) is 5.75 Å². The lowest BCUT2D eigenvalue weighted by Crippen LogP contribution is -2.45. The van der Waals surface area contributed by atoms with E-state index in [4.69, 9.17) is 4.74 Å². The number of nitrogens with one attached hydrogen (secondary N) is 1. The Kier molecular flexibility index (Phi) is 6.29. The molecule has 0 aliphatic carbocycles. The molecule has 4 nitrogen and oxygen atoms in total. The van der Waals surface area contributed by atoms with E-state index in [1.165, 1.54) is 19.3 Å². The van der Waals surface area contributed by atoms with Gasteiger partial charge in [0.1, 0.15) is 5.75 Å². The molecule has 1 saturated heterocycles. The minimum absolute atomic E-state index is 0.0726. The highest BCUT2D eigenvalue weighted by atomic mass is 16.5. The van der Waals surface area contributed by atoms with Crippen molar-refractivity contribution in [3.63, 3.8) is 0 Å². The zero-order valence-electron chi connectivity index (χ0n) is 15.7. The summed E-state index contributed by atoms with van der Waals surface area (Å²) in [6, 6.07) is 18.3. The topological polar surface area (TPSA) is 41.6 Å². The maximum atomic E-state index is 12.8. The number of ether oxygens (including phenoxy) is 1. The van der Waals surface area contributed by atoms with E-state index in [1.54, 1.807) is 7.11 Å². The molecule has 1 aliphatic heterocycles. The van der Waals surface area contributed by atoms with E-state index in [-0.39, 0.29) is 11.9 Å². The largest absolute Gasteiger partial charge is 0.497 e. The molecule has 26 heavy (non-hydrogen) atoms. The summed E-state index contributed by atoms with van der Waals surface area (Å²) in [5, 5.41) is 3.23. The van der Waals surface area contributed by atoms with Crippen LogP contribution in [0, 0.1) is 0 Å². The van der Waals surface area contributed by atoms with Crippen LogP contribution in [-0.2, 0) is 4.79 Å². The average Bonchev–Trinajstić information content (AvgIpc) is 2.69. The summed E-state index contributed by atoms with van der Waals surface area (Å²) < 4.78 is 5.25. The lowest BCUT2D eigenvalue weighted by Gasteiger charge is -2.33. The van der Waals surface area contributed by atoms with Crippen molar-refractivity contribution in [2.75, 3.05) is 20.2 Å². The molecule has 1 fully saturated rings. The number of hydrogen-bond acceptors (Lipinski definition) is 3. The molecule has 2 aromatic rings. The van der Waals surface area contributed by atoms with Crippen molar-refractivity contribution in [2.45, 2.75) is 38.3 Å². The Morgan fingerprint density at radius 2 is 1.81 bits per heavy atom. The molecule has 0 aromatic heterocycles. The normalized spacial score (nSPS) is 18.9. The van der Waals surface area contributed by atoms with E-state index >= 15 is 0 Å². The van der Waals surface area contributed by atoms with E-state index < -0.39 is 0 Å². The van der Waals surface area contributed by atoms with Gasteiger partial charge in [-0.1, -0.05) is 48.9 Å². The Balaban J connectivity index is 1.76. The summed E-state index contributed by atoms with van der Waals surface area (Å²) in [7, 11) is 1.66. The van der Waals surface area contributed by atoms with Gasteiger partial charge in [0.25, 0.3) is 0 Å². The third-order valence-corrected chi connectivity index (χ3v) is 5.17. The lowest BCUT2D eigenvalue weighted by molar-refractivity contribution is -0.123. The Labute approximate surface area is 156 Å². The van der Waals surface area contributed by atoms with Crippen molar-refractivity contribution >= 4 is 5.91 Å². The van der Waals surface area contributed by atoms with Gasteiger partial charge in [0.15, 0.2) is 0 Å². The van der Waals surface area contributed by atoms with Crippen LogP contribution in [0.25, 0.3) is 0 Å². The van der Waals surface area contributed by atoms with Crippen LogP contribution in [0.4, 0.5) is 0 Å². The van der Waals surface area contributed by atoms with Gasteiger partial charge in [-0.2, -0.15) is 0 Å². The summed E-state index contributed by atoms with van der Waals surface area (Å²) in [6.07, 6.45) is 3.61. The summed E-state index contributed by atoms with van der Waals surface area (Å²) in [5.41, 5.74) is 2.13. The van der Waals surface area contributed by atoms with Gasteiger partial charge in [0, 0.05) is 6.04 Å². The molecule has 2 aromatic carbocycles. The highest BCUT2D eigenvalue weighted by Crippen LogP contribution is 2.24. The molecule has 1 N–H and O–H groups in total. The number of hydrogen-bond donors (Lipinski definition) is 1. The number of carbonyl (C=O) groups excluding carboxylic acids is 1. The Morgan fingerprint density at radius 3 is 2.46 bits per heavy atom. The van der Waals surface area contributed by atoms with Crippen LogP contribution in [0.2, 0.25) is 0 Å². The highest BCUT2D eigenvalue weighted by Gasteiger charge is 2.23. The fourth-order valence-electron chi connectivity index (χ4n) is 3.58. The van der Waals surface area contributed by atoms with Gasteiger partial charge < -0.3 is 10.1 Å². The van der Waals surface area contributed by atoms with Gasteiger partial charge in [0.05, 0.1) is 19.7 Å². The summed E-state index contributed by atoms with van der Waals surface area (Å²) >= 11 is 0. The van der Waals surface area contributed by atoms with Crippen molar-refractivity contribution < 1.29 is 9.53 Å². The highest BCUT2D eigenvalue weighted by molar-refractivity contribution is 5.79. The third kappa shape index (κ3) is 4.64. The van der Waals surface area contributed by atoms with Crippen molar-refractivity contribution in [3.05, 3.63) is 65.7 Å². The number of benzene rings is 2. The number of carbonyl (C=O) groups is 1. The molecule has 0 unspecified atom stereocenters. The van der Waals surface area contributed by atoms with E-state index in [1.807, 2.05) is 42.5 Å². The quantitative estimate of drug-likeness (QED) is 0.860. The molecule has 4 heteroatoms. The minimum Gasteiger partial charge on any atom is -0.497 e. The fourth-order valence-corrected chi connectivity index (χ4v) is 3.58. The Bertz CT molecular complexity index is 700. The zero-order chi connectivity index (χ0) is 18.4. The van der Waals surface area contributed by atoms with Gasteiger partial charge in [-0.25, -0.2) is 0 Å². The molecule has 2 atom stereocenters. The predicted molar refractivity (Wildman–Crippen MR) is 104 cm³/mol. The number of methoxy groups -OCH3 is 1. The molecule has 1 heterocycles. The van der Waals surface area contributed by atoms with Crippen LogP contribution in [-0.4, -0.2) is 37.0 Å². The Morgan fingerprint density at radius 1 is 1.12 bits per heavy atom. The van der Waals surface area contributed by atoms with Crippen LogP contribution in [0.3, 0.4) is 0 Å². The number of piperidine rings is 1. The maximum Gasteiger partial charge on any atom is 0.234 e. The zero-order valence-corrected chi connectivity index (χ0v) is 15.7. The molecular weight excluding hydrogens is 324 g/mol. The minimum atomic E-state index is -0.158. The van der Waals surface area contributed by atoms with E-state index in [0.717, 1.165) is 23.4 Å². The van der Waals surface area contributed by atoms with Gasteiger partial charge >= 0.3 is 0 Å². The molecule has 1 amide bonds. The molecule has 1 aliphatic rings. The smallest absolute Gasteiger partial charge is 0.234 e. The molecule has 3 rings (SSSR count). The number of nitrogens with zero attached hydrogens (tertiary/aromatic N) is 1. The summed E-state index contributed by atoms with van der Waals surface area (Å²) in [4.78, 5) is 15.0. The van der Waals surface area contributed by atoms with Gasteiger partial charge in [-0.05, 0) is 49.6 Å². The molecule has 0 saturated carbocycles. The Hall–Kier alpha value is -2.33. The van der Waals surface area contributed by atoms with Crippen molar-refractivity contribution in [1.82, 2.24) is 10.2 Å². The van der Waals surface area contributed by atoms with Crippen LogP contribution in [0.1, 0.15) is 43.4 Å². The average molecular weight is 352 g/mol. The van der Waals surface area contributed by atoms with E-state index in [0.29, 0.717) is 12.6 Å². The molecule has 138 valence electrons. The molecular formula is C22H28N2O2. The van der Waals surface area contributed by atoms with Gasteiger partial charge in [-0.15, -0.1) is 0 Å². The second-order valence-corrected chi connectivity index (χ2v) is 7.00. The van der Waals surface area contributed by atoms with Crippen LogP contribution in [0.5, 0.6) is 5.75 Å². The standard InChI is InChI=1S/C22H28N2O2/c1-17-8-6-7-15-24(17)16-21(25)23-22(18-9-4-3-5-10-18)19-11-13-20(26-2)14-12-19/h3-5,9-14,17,22H,6-8,15-16H2,1-2H3,(H,23,25)/t17-,22+/m1/s1. The first-order chi connectivity index (χ1) is 12.7.